The highest BCUT2D eigenvalue weighted by Crippen LogP contribution is 2.26. The van der Waals surface area contributed by atoms with Gasteiger partial charge in [0, 0.05) is 19.6 Å². The van der Waals surface area contributed by atoms with Gasteiger partial charge in [0.25, 0.3) is 0 Å². The van der Waals surface area contributed by atoms with E-state index < -0.39 is 0 Å². The fourth-order valence-electron chi connectivity index (χ4n) is 1.52. The Bertz CT molecular complexity index is 176. The van der Waals surface area contributed by atoms with E-state index >= 15 is 0 Å². The first kappa shape index (κ1) is 10.8. The molecule has 0 aliphatic carbocycles. The molecule has 1 aliphatic heterocycles. The Kier molecular flexibility index (Phi) is 3.55. The fraction of sp³-hybridized carbons (Fsp3) is 0.833. The summed E-state index contributed by atoms with van der Waals surface area (Å²) in [4.78, 5) is 2.55. The van der Waals surface area contributed by atoms with Gasteiger partial charge in [-0.2, -0.15) is 0 Å². The Morgan fingerprint density at radius 1 is 1.31 bits per heavy atom. The molecule has 1 nitrogen and oxygen atoms in total. The topological polar surface area (TPSA) is 3.24 Å². The maximum Gasteiger partial charge on any atom is 0.0163 e. The van der Waals surface area contributed by atoms with Gasteiger partial charge in [-0.05, 0) is 17.8 Å². The second kappa shape index (κ2) is 4.28. The zero-order chi connectivity index (χ0) is 9.90. The highest BCUT2D eigenvalue weighted by atomic mass is 15.1. The molecule has 76 valence electrons. The van der Waals surface area contributed by atoms with E-state index in [2.05, 4.69) is 44.7 Å². The molecule has 1 atom stereocenters. The van der Waals surface area contributed by atoms with E-state index in [0.29, 0.717) is 5.41 Å². The Morgan fingerprint density at radius 2 is 2.00 bits per heavy atom. The number of rotatable bonds is 2. The summed E-state index contributed by atoms with van der Waals surface area (Å²) in [6, 6.07) is 0. The molecule has 0 N–H and O–H groups in total. The van der Waals surface area contributed by atoms with Gasteiger partial charge in [0.05, 0.1) is 0 Å². The van der Waals surface area contributed by atoms with E-state index in [9.17, 15) is 0 Å². The van der Waals surface area contributed by atoms with Crippen LogP contribution >= 0.6 is 0 Å². The maximum absolute atomic E-state index is 2.55. The van der Waals surface area contributed by atoms with Crippen molar-refractivity contribution in [3.8, 4) is 0 Å². The van der Waals surface area contributed by atoms with Crippen molar-refractivity contribution in [2.24, 2.45) is 11.3 Å². The minimum atomic E-state index is 0.446. The van der Waals surface area contributed by atoms with E-state index in [1.807, 2.05) is 0 Å². The van der Waals surface area contributed by atoms with Crippen LogP contribution in [0.4, 0.5) is 0 Å². The van der Waals surface area contributed by atoms with Gasteiger partial charge in [-0.3, -0.25) is 4.90 Å². The third-order valence-electron chi connectivity index (χ3n) is 3.15. The monoisotopic (exact) mass is 181 g/mol. The average molecular weight is 181 g/mol. The first-order valence-corrected chi connectivity index (χ1v) is 5.37. The molecule has 0 aromatic heterocycles. The molecule has 13 heavy (non-hydrogen) atoms. The molecule has 0 bridgehead atoms. The van der Waals surface area contributed by atoms with Crippen molar-refractivity contribution in [1.82, 2.24) is 4.90 Å². The van der Waals surface area contributed by atoms with Crippen molar-refractivity contribution in [2.75, 3.05) is 19.6 Å². The summed E-state index contributed by atoms with van der Waals surface area (Å²) in [5, 5.41) is 0. The first-order valence-electron chi connectivity index (χ1n) is 5.37. The Balaban J connectivity index is 2.35. The van der Waals surface area contributed by atoms with E-state index in [-0.39, 0.29) is 0 Å². The van der Waals surface area contributed by atoms with Crippen LogP contribution in [-0.2, 0) is 0 Å². The fourth-order valence-corrected chi connectivity index (χ4v) is 1.52. The molecule has 1 rings (SSSR count). The van der Waals surface area contributed by atoms with Gasteiger partial charge in [-0.25, -0.2) is 0 Å². The lowest BCUT2D eigenvalue weighted by molar-refractivity contribution is 0.170. The summed E-state index contributed by atoms with van der Waals surface area (Å²) in [5.41, 5.74) is 0.446. The third kappa shape index (κ3) is 3.51. The lowest BCUT2D eigenvalue weighted by atomic mass is 9.82. The van der Waals surface area contributed by atoms with Crippen LogP contribution in [0.1, 0.15) is 34.1 Å². The molecule has 1 heterocycles. The van der Waals surface area contributed by atoms with Crippen LogP contribution in [0, 0.1) is 11.3 Å². The summed E-state index contributed by atoms with van der Waals surface area (Å²) in [7, 11) is 0. The van der Waals surface area contributed by atoms with Crippen LogP contribution in [0.25, 0.3) is 0 Å². The minimum absolute atomic E-state index is 0.446. The van der Waals surface area contributed by atoms with E-state index in [1.165, 1.54) is 19.5 Å². The molecule has 0 amide bonds. The molecule has 1 heteroatoms. The molecular formula is C12H23N. The summed E-state index contributed by atoms with van der Waals surface area (Å²) >= 11 is 0. The number of hydrogen-bond donors (Lipinski definition) is 0. The Hall–Kier alpha value is -0.300. The van der Waals surface area contributed by atoms with Crippen molar-refractivity contribution in [3.05, 3.63) is 12.2 Å². The van der Waals surface area contributed by atoms with E-state index in [1.54, 1.807) is 0 Å². The SMILES string of the molecule is CC(CN1CC=CCC1)C(C)(C)C. The van der Waals surface area contributed by atoms with Crippen molar-refractivity contribution in [1.29, 1.82) is 0 Å². The molecule has 1 aliphatic rings. The summed E-state index contributed by atoms with van der Waals surface area (Å²) in [6.07, 6.45) is 5.81. The van der Waals surface area contributed by atoms with Crippen molar-refractivity contribution < 1.29 is 0 Å². The van der Waals surface area contributed by atoms with Crippen LogP contribution in [0.5, 0.6) is 0 Å². The first-order chi connectivity index (χ1) is 6.00. The Morgan fingerprint density at radius 3 is 2.46 bits per heavy atom. The van der Waals surface area contributed by atoms with Crippen LogP contribution in [0.3, 0.4) is 0 Å². The van der Waals surface area contributed by atoms with Crippen LogP contribution in [-0.4, -0.2) is 24.5 Å². The predicted octanol–water partition coefficient (Wildman–Crippen LogP) is 2.93. The van der Waals surface area contributed by atoms with Crippen LogP contribution in [0.2, 0.25) is 0 Å². The molecule has 0 spiro atoms. The standard InChI is InChI=1S/C12H23N/c1-11(12(2,3)4)10-13-8-6-5-7-9-13/h5-6,11H,7-10H2,1-4H3. The largest absolute Gasteiger partial charge is 0.299 e. The number of nitrogens with zero attached hydrogens (tertiary/aromatic N) is 1. The molecule has 0 aromatic carbocycles. The van der Waals surface area contributed by atoms with Crippen LogP contribution in [0.15, 0.2) is 12.2 Å². The maximum atomic E-state index is 2.55. The lowest BCUT2D eigenvalue weighted by Crippen LogP contribution is -2.35. The van der Waals surface area contributed by atoms with Gasteiger partial charge in [0.15, 0.2) is 0 Å². The Labute approximate surface area is 82.8 Å². The van der Waals surface area contributed by atoms with Gasteiger partial charge in [0.1, 0.15) is 0 Å². The average Bonchev–Trinajstić information content (AvgIpc) is 2.04. The molecule has 1 unspecified atom stereocenters. The third-order valence-corrected chi connectivity index (χ3v) is 3.15. The zero-order valence-electron chi connectivity index (χ0n) is 9.51. The normalized spacial score (nSPS) is 21.8. The highest BCUT2D eigenvalue weighted by molar-refractivity contribution is 4.91. The van der Waals surface area contributed by atoms with Gasteiger partial charge in [-0.1, -0.05) is 39.8 Å². The molecule has 0 aromatic rings. The van der Waals surface area contributed by atoms with Crippen molar-refractivity contribution in [3.63, 3.8) is 0 Å². The summed E-state index contributed by atoms with van der Waals surface area (Å²) in [5.74, 6) is 0.777. The van der Waals surface area contributed by atoms with Gasteiger partial charge >= 0.3 is 0 Å². The second-order valence-electron chi connectivity index (χ2n) is 5.29. The summed E-state index contributed by atoms with van der Waals surface area (Å²) < 4.78 is 0. The molecule has 0 saturated carbocycles. The number of hydrogen-bond acceptors (Lipinski definition) is 1. The molecular weight excluding hydrogens is 158 g/mol. The van der Waals surface area contributed by atoms with Crippen molar-refractivity contribution in [2.45, 2.75) is 34.1 Å². The highest BCUT2D eigenvalue weighted by Gasteiger charge is 2.22. The smallest absolute Gasteiger partial charge is 0.0163 e. The van der Waals surface area contributed by atoms with Crippen molar-refractivity contribution >= 4 is 0 Å². The lowest BCUT2D eigenvalue weighted by Gasteiger charge is -2.33. The van der Waals surface area contributed by atoms with Gasteiger partial charge in [-0.15, -0.1) is 0 Å². The minimum Gasteiger partial charge on any atom is -0.299 e. The summed E-state index contributed by atoms with van der Waals surface area (Å²) in [6.45, 7) is 13.0. The predicted molar refractivity (Wildman–Crippen MR) is 58.8 cm³/mol. The van der Waals surface area contributed by atoms with Crippen LogP contribution < -0.4 is 0 Å². The quantitative estimate of drug-likeness (QED) is 0.592. The van der Waals surface area contributed by atoms with E-state index in [0.717, 1.165) is 12.5 Å². The second-order valence-corrected chi connectivity index (χ2v) is 5.29. The van der Waals surface area contributed by atoms with Gasteiger partial charge in [0.2, 0.25) is 0 Å². The molecule has 0 fully saturated rings. The zero-order valence-corrected chi connectivity index (χ0v) is 9.51. The molecule has 0 radical (unpaired) electrons. The van der Waals surface area contributed by atoms with Gasteiger partial charge < -0.3 is 0 Å². The molecule has 0 saturated heterocycles. The van der Waals surface area contributed by atoms with E-state index in [4.69, 9.17) is 0 Å².